The first-order valence-corrected chi connectivity index (χ1v) is 7.27. The van der Waals surface area contributed by atoms with Crippen LogP contribution in [0, 0.1) is 6.92 Å². The molecule has 0 aliphatic rings. The summed E-state index contributed by atoms with van der Waals surface area (Å²) in [5.74, 6) is 0.131. The van der Waals surface area contributed by atoms with Crippen LogP contribution in [0.4, 0.5) is 5.69 Å². The summed E-state index contributed by atoms with van der Waals surface area (Å²) in [6.07, 6.45) is 2.17. The van der Waals surface area contributed by atoms with Crippen LogP contribution in [0.25, 0.3) is 0 Å². The molecule has 0 aliphatic carbocycles. The molecule has 0 unspecified atom stereocenters. The molecule has 1 aromatic rings. The summed E-state index contributed by atoms with van der Waals surface area (Å²) in [7, 11) is 0. The number of unbranched alkanes of at least 4 members (excludes halogenated alkanes) is 1. The number of anilines is 1. The fourth-order valence-corrected chi connectivity index (χ4v) is 2.10. The van der Waals surface area contributed by atoms with Gasteiger partial charge in [-0.15, -0.1) is 0 Å². The Morgan fingerprint density at radius 1 is 1.26 bits per heavy atom. The number of rotatable bonds is 7. The van der Waals surface area contributed by atoms with E-state index in [-0.39, 0.29) is 5.91 Å². The van der Waals surface area contributed by atoms with E-state index in [1.807, 2.05) is 43.9 Å². The molecule has 0 heterocycles. The number of nitrogens with one attached hydrogen (secondary N) is 1. The number of nitrogens with zero attached hydrogens (tertiary/aromatic N) is 1. The van der Waals surface area contributed by atoms with Gasteiger partial charge in [0.05, 0.1) is 5.56 Å². The van der Waals surface area contributed by atoms with Crippen molar-refractivity contribution in [3.05, 3.63) is 29.3 Å². The van der Waals surface area contributed by atoms with E-state index in [0.717, 1.165) is 43.7 Å². The van der Waals surface area contributed by atoms with Crippen LogP contribution in [0.3, 0.4) is 0 Å². The SMILES string of the molecule is CCCCN(CC)C(=O)c1ccc(C)cc1NCC. The lowest BCUT2D eigenvalue weighted by atomic mass is 10.1. The molecule has 1 amide bonds. The molecule has 0 spiro atoms. The van der Waals surface area contributed by atoms with Gasteiger partial charge in [0.15, 0.2) is 0 Å². The highest BCUT2D eigenvalue weighted by Gasteiger charge is 2.17. The maximum Gasteiger partial charge on any atom is 0.255 e. The van der Waals surface area contributed by atoms with Crippen LogP contribution in [0.2, 0.25) is 0 Å². The lowest BCUT2D eigenvalue weighted by Gasteiger charge is -2.22. The summed E-state index contributed by atoms with van der Waals surface area (Å²) >= 11 is 0. The lowest BCUT2D eigenvalue weighted by Crippen LogP contribution is -2.32. The Labute approximate surface area is 117 Å². The molecule has 0 fully saturated rings. The molecule has 19 heavy (non-hydrogen) atoms. The normalized spacial score (nSPS) is 10.3. The third-order valence-corrected chi connectivity index (χ3v) is 3.22. The minimum Gasteiger partial charge on any atom is -0.385 e. The van der Waals surface area contributed by atoms with Crippen molar-refractivity contribution >= 4 is 11.6 Å². The minimum absolute atomic E-state index is 0.131. The van der Waals surface area contributed by atoms with Gasteiger partial charge in [0.2, 0.25) is 0 Å². The lowest BCUT2D eigenvalue weighted by molar-refractivity contribution is 0.0763. The third-order valence-electron chi connectivity index (χ3n) is 3.22. The second-order valence-corrected chi connectivity index (χ2v) is 4.82. The van der Waals surface area contributed by atoms with E-state index in [2.05, 4.69) is 12.2 Å². The average Bonchev–Trinajstić information content (AvgIpc) is 2.40. The third kappa shape index (κ3) is 4.27. The standard InChI is InChI=1S/C16H26N2O/c1-5-8-11-18(7-3)16(19)14-10-9-13(4)12-15(14)17-6-2/h9-10,12,17H,5-8,11H2,1-4H3. The molecule has 106 valence electrons. The summed E-state index contributed by atoms with van der Waals surface area (Å²) in [5, 5.41) is 3.29. The van der Waals surface area contributed by atoms with Gasteiger partial charge in [-0.05, 0) is 44.9 Å². The highest BCUT2D eigenvalue weighted by molar-refractivity contribution is 5.99. The zero-order valence-corrected chi connectivity index (χ0v) is 12.6. The first-order chi connectivity index (χ1) is 9.13. The van der Waals surface area contributed by atoms with Crippen molar-refractivity contribution < 1.29 is 4.79 Å². The van der Waals surface area contributed by atoms with Crippen molar-refractivity contribution in [2.45, 2.75) is 40.5 Å². The summed E-state index contributed by atoms with van der Waals surface area (Å²) in [6.45, 7) is 10.7. The Hall–Kier alpha value is -1.51. The predicted molar refractivity (Wildman–Crippen MR) is 81.8 cm³/mol. The fourth-order valence-electron chi connectivity index (χ4n) is 2.10. The maximum absolute atomic E-state index is 12.6. The van der Waals surface area contributed by atoms with E-state index in [0.29, 0.717) is 0 Å². The predicted octanol–water partition coefficient (Wildman–Crippen LogP) is 3.69. The van der Waals surface area contributed by atoms with Gasteiger partial charge in [-0.25, -0.2) is 0 Å². The Kier molecular flexibility index (Phi) is 6.40. The summed E-state index contributed by atoms with van der Waals surface area (Å²) < 4.78 is 0. The number of carbonyl (C=O) groups excluding carboxylic acids is 1. The van der Waals surface area contributed by atoms with Crippen molar-refractivity contribution in [1.29, 1.82) is 0 Å². The molecule has 0 aliphatic heterocycles. The Bertz CT molecular complexity index is 415. The highest BCUT2D eigenvalue weighted by Crippen LogP contribution is 2.19. The zero-order chi connectivity index (χ0) is 14.3. The zero-order valence-electron chi connectivity index (χ0n) is 12.6. The van der Waals surface area contributed by atoms with E-state index in [9.17, 15) is 4.79 Å². The molecule has 3 nitrogen and oxygen atoms in total. The smallest absolute Gasteiger partial charge is 0.255 e. The van der Waals surface area contributed by atoms with E-state index >= 15 is 0 Å². The number of hydrogen-bond acceptors (Lipinski definition) is 2. The van der Waals surface area contributed by atoms with E-state index in [1.165, 1.54) is 5.56 Å². The number of aryl methyl sites for hydroxylation is 1. The van der Waals surface area contributed by atoms with Crippen LogP contribution in [-0.2, 0) is 0 Å². The maximum atomic E-state index is 12.6. The quantitative estimate of drug-likeness (QED) is 0.813. The van der Waals surface area contributed by atoms with Crippen LogP contribution < -0.4 is 5.32 Å². The molecule has 0 atom stereocenters. The topological polar surface area (TPSA) is 32.3 Å². The van der Waals surface area contributed by atoms with Gasteiger partial charge >= 0.3 is 0 Å². The van der Waals surface area contributed by atoms with Gasteiger partial charge in [0, 0.05) is 25.3 Å². The average molecular weight is 262 g/mol. The molecule has 0 aromatic heterocycles. The molecular weight excluding hydrogens is 236 g/mol. The van der Waals surface area contributed by atoms with E-state index < -0.39 is 0 Å². The molecule has 1 rings (SSSR count). The minimum atomic E-state index is 0.131. The van der Waals surface area contributed by atoms with Crippen LogP contribution >= 0.6 is 0 Å². The van der Waals surface area contributed by atoms with Gasteiger partial charge in [-0.3, -0.25) is 4.79 Å². The Balaban J connectivity index is 2.96. The van der Waals surface area contributed by atoms with Gasteiger partial charge in [0.25, 0.3) is 5.91 Å². The summed E-state index contributed by atoms with van der Waals surface area (Å²) in [4.78, 5) is 14.5. The molecule has 3 heteroatoms. The van der Waals surface area contributed by atoms with Crippen molar-refractivity contribution in [1.82, 2.24) is 4.90 Å². The number of carbonyl (C=O) groups is 1. The van der Waals surface area contributed by atoms with E-state index in [1.54, 1.807) is 0 Å². The molecule has 0 saturated carbocycles. The van der Waals surface area contributed by atoms with Crippen molar-refractivity contribution in [3.63, 3.8) is 0 Å². The molecule has 0 radical (unpaired) electrons. The van der Waals surface area contributed by atoms with Crippen LogP contribution in [0.5, 0.6) is 0 Å². The first-order valence-electron chi connectivity index (χ1n) is 7.27. The molecule has 0 saturated heterocycles. The summed E-state index contributed by atoms with van der Waals surface area (Å²) in [5.41, 5.74) is 2.90. The number of amides is 1. The van der Waals surface area contributed by atoms with Crippen molar-refractivity contribution in [2.75, 3.05) is 25.0 Å². The second kappa shape index (κ2) is 7.82. The Morgan fingerprint density at radius 3 is 2.58 bits per heavy atom. The molecule has 1 N–H and O–H groups in total. The first kappa shape index (κ1) is 15.5. The highest BCUT2D eigenvalue weighted by atomic mass is 16.2. The number of hydrogen-bond donors (Lipinski definition) is 1. The molecule has 1 aromatic carbocycles. The molecular formula is C16H26N2O. The van der Waals surface area contributed by atoms with Gasteiger partial charge < -0.3 is 10.2 Å². The van der Waals surface area contributed by atoms with Crippen LogP contribution in [0.1, 0.15) is 49.5 Å². The second-order valence-electron chi connectivity index (χ2n) is 4.82. The fraction of sp³-hybridized carbons (Fsp3) is 0.562. The van der Waals surface area contributed by atoms with Gasteiger partial charge in [-0.1, -0.05) is 19.4 Å². The van der Waals surface area contributed by atoms with Gasteiger partial charge in [-0.2, -0.15) is 0 Å². The summed E-state index contributed by atoms with van der Waals surface area (Å²) in [6, 6.07) is 5.98. The van der Waals surface area contributed by atoms with Crippen molar-refractivity contribution in [2.24, 2.45) is 0 Å². The van der Waals surface area contributed by atoms with E-state index in [4.69, 9.17) is 0 Å². The van der Waals surface area contributed by atoms with Crippen molar-refractivity contribution in [3.8, 4) is 0 Å². The van der Waals surface area contributed by atoms with Crippen LogP contribution in [0.15, 0.2) is 18.2 Å². The van der Waals surface area contributed by atoms with Crippen LogP contribution in [-0.4, -0.2) is 30.4 Å². The Morgan fingerprint density at radius 2 is 2.00 bits per heavy atom. The largest absolute Gasteiger partial charge is 0.385 e. The van der Waals surface area contributed by atoms with Gasteiger partial charge in [0.1, 0.15) is 0 Å². The molecule has 0 bridgehead atoms. The number of benzene rings is 1. The monoisotopic (exact) mass is 262 g/mol.